The Balaban J connectivity index is 1.41. The van der Waals surface area contributed by atoms with Crippen molar-refractivity contribution in [2.24, 2.45) is 11.8 Å². The Morgan fingerprint density at radius 3 is 2.52 bits per heavy atom. The van der Waals surface area contributed by atoms with Crippen LogP contribution in [0.4, 0.5) is 5.69 Å². The molecule has 2 aromatic rings. The summed E-state index contributed by atoms with van der Waals surface area (Å²) in [6.07, 6.45) is 8.21. The van der Waals surface area contributed by atoms with Crippen molar-refractivity contribution in [2.75, 3.05) is 11.9 Å². The van der Waals surface area contributed by atoms with Gasteiger partial charge in [0.25, 0.3) is 0 Å². The Labute approximate surface area is 166 Å². The molecule has 1 saturated heterocycles. The van der Waals surface area contributed by atoms with Crippen molar-refractivity contribution in [2.45, 2.75) is 50.7 Å². The molecule has 142 valence electrons. The molecule has 0 radical (unpaired) electrons. The smallest absolute Gasteiger partial charge is 0.127 e. The lowest BCUT2D eigenvalue weighted by Crippen LogP contribution is -2.42. The highest BCUT2D eigenvalue weighted by Gasteiger charge is 2.44. The van der Waals surface area contributed by atoms with Gasteiger partial charge in [0.1, 0.15) is 11.5 Å². The molecular formula is C23H26ClNO2. The Morgan fingerprint density at radius 1 is 0.926 bits per heavy atom. The minimum Gasteiger partial charge on any atom is -0.457 e. The summed E-state index contributed by atoms with van der Waals surface area (Å²) in [4.78, 5) is 0. The standard InChI is InChI=1S/C23H26ClNO2/c24-16-6-8-17(9-7-16)27-18-10-11-21-20(14-18)23-19(12-13-26-23)22(25-21)15-4-2-1-3-5-15/h6-11,14-15,19,22-23,25H,1-5,12-13H2/t19-,22-,23-/m0/s1. The zero-order valence-corrected chi connectivity index (χ0v) is 16.3. The summed E-state index contributed by atoms with van der Waals surface area (Å²) in [5.41, 5.74) is 2.47. The van der Waals surface area contributed by atoms with Gasteiger partial charge in [0.2, 0.25) is 0 Å². The molecule has 4 heteroatoms. The molecule has 2 fully saturated rings. The summed E-state index contributed by atoms with van der Waals surface area (Å²) in [5, 5.41) is 4.60. The minimum absolute atomic E-state index is 0.196. The molecule has 0 bridgehead atoms. The van der Waals surface area contributed by atoms with Gasteiger partial charge >= 0.3 is 0 Å². The fourth-order valence-electron chi connectivity index (χ4n) is 5.15. The van der Waals surface area contributed by atoms with Crippen LogP contribution >= 0.6 is 11.6 Å². The highest BCUT2D eigenvalue weighted by Crippen LogP contribution is 2.49. The van der Waals surface area contributed by atoms with E-state index >= 15 is 0 Å². The highest BCUT2D eigenvalue weighted by molar-refractivity contribution is 6.30. The summed E-state index contributed by atoms with van der Waals surface area (Å²) in [6, 6.07) is 14.4. The first-order valence-corrected chi connectivity index (χ1v) is 10.6. The number of nitrogens with one attached hydrogen (secondary N) is 1. The third-order valence-electron chi connectivity index (χ3n) is 6.46. The number of ether oxygens (including phenoxy) is 2. The predicted octanol–water partition coefficient (Wildman–Crippen LogP) is 6.58. The molecule has 2 heterocycles. The number of halogens is 1. The molecule has 2 aliphatic heterocycles. The highest BCUT2D eigenvalue weighted by atomic mass is 35.5. The second-order valence-corrected chi connectivity index (χ2v) is 8.55. The molecule has 1 aliphatic carbocycles. The summed E-state index contributed by atoms with van der Waals surface area (Å²) in [5.74, 6) is 3.01. The van der Waals surface area contributed by atoms with Crippen LogP contribution < -0.4 is 10.1 Å². The number of hydrogen-bond donors (Lipinski definition) is 1. The number of hydrogen-bond acceptors (Lipinski definition) is 3. The first kappa shape index (κ1) is 17.4. The van der Waals surface area contributed by atoms with Crippen LogP contribution in [0.25, 0.3) is 0 Å². The zero-order valence-electron chi connectivity index (χ0n) is 15.5. The maximum atomic E-state index is 6.21. The minimum atomic E-state index is 0.196. The van der Waals surface area contributed by atoms with Crippen molar-refractivity contribution in [3.8, 4) is 11.5 Å². The second kappa shape index (κ2) is 7.37. The molecule has 1 saturated carbocycles. The predicted molar refractivity (Wildman–Crippen MR) is 109 cm³/mol. The van der Waals surface area contributed by atoms with Crippen molar-refractivity contribution in [3.63, 3.8) is 0 Å². The van der Waals surface area contributed by atoms with Crippen LogP contribution in [-0.4, -0.2) is 12.6 Å². The van der Waals surface area contributed by atoms with Gasteiger partial charge in [0.05, 0.1) is 6.10 Å². The van der Waals surface area contributed by atoms with Gasteiger partial charge in [-0.3, -0.25) is 0 Å². The molecule has 27 heavy (non-hydrogen) atoms. The van der Waals surface area contributed by atoms with E-state index in [1.54, 1.807) is 0 Å². The van der Waals surface area contributed by atoms with Crippen molar-refractivity contribution in [3.05, 3.63) is 53.1 Å². The van der Waals surface area contributed by atoms with Crippen LogP contribution in [0.5, 0.6) is 11.5 Å². The number of anilines is 1. The Hall–Kier alpha value is -1.71. The lowest BCUT2D eigenvalue weighted by molar-refractivity contribution is 0.0730. The van der Waals surface area contributed by atoms with Gasteiger partial charge < -0.3 is 14.8 Å². The number of fused-ring (bicyclic) bond motifs is 3. The molecule has 2 aromatic carbocycles. The average Bonchev–Trinajstić information content (AvgIpc) is 3.20. The number of rotatable bonds is 3. The third-order valence-corrected chi connectivity index (χ3v) is 6.71. The van der Waals surface area contributed by atoms with E-state index in [-0.39, 0.29) is 6.10 Å². The fraction of sp³-hybridized carbons (Fsp3) is 0.478. The topological polar surface area (TPSA) is 30.5 Å². The first-order valence-electron chi connectivity index (χ1n) is 10.2. The van der Waals surface area contributed by atoms with Crippen LogP contribution in [0.15, 0.2) is 42.5 Å². The maximum Gasteiger partial charge on any atom is 0.127 e. The summed E-state index contributed by atoms with van der Waals surface area (Å²) < 4.78 is 12.3. The second-order valence-electron chi connectivity index (χ2n) is 8.12. The maximum absolute atomic E-state index is 6.21. The van der Waals surface area contributed by atoms with E-state index in [1.807, 2.05) is 30.3 Å². The summed E-state index contributed by atoms with van der Waals surface area (Å²) in [6.45, 7) is 0.863. The van der Waals surface area contributed by atoms with Gasteiger partial charge in [-0.1, -0.05) is 30.9 Å². The fourth-order valence-corrected chi connectivity index (χ4v) is 5.28. The van der Waals surface area contributed by atoms with Crippen molar-refractivity contribution in [1.82, 2.24) is 0 Å². The normalized spacial score (nSPS) is 27.5. The van der Waals surface area contributed by atoms with Gasteiger partial charge in [-0.2, -0.15) is 0 Å². The van der Waals surface area contributed by atoms with Crippen LogP contribution in [0, 0.1) is 11.8 Å². The Kier molecular flexibility index (Phi) is 4.75. The lowest BCUT2D eigenvalue weighted by Gasteiger charge is -2.42. The van der Waals surface area contributed by atoms with Crippen LogP contribution in [-0.2, 0) is 4.74 Å². The monoisotopic (exact) mass is 383 g/mol. The van der Waals surface area contributed by atoms with Crippen LogP contribution in [0.1, 0.15) is 50.2 Å². The summed E-state index contributed by atoms with van der Waals surface area (Å²) in [7, 11) is 0. The van der Waals surface area contributed by atoms with Gasteiger partial charge in [-0.15, -0.1) is 0 Å². The molecule has 0 aromatic heterocycles. The molecule has 0 amide bonds. The summed E-state index contributed by atoms with van der Waals surface area (Å²) >= 11 is 5.97. The van der Waals surface area contributed by atoms with E-state index in [2.05, 4.69) is 17.4 Å². The van der Waals surface area contributed by atoms with E-state index in [0.717, 1.165) is 30.4 Å². The van der Waals surface area contributed by atoms with Crippen molar-refractivity contribution in [1.29, 1.82) is 0 Å². The van der Waals surface area contributed by atoms with Gasteiger partial charge in [0, 0.05) is 34.8 Å². The van der Waals surface area contributed by atoms with E-state index in [4.69, 9.17) is 21.1 Å². The molecular weight excluding hydrogens is 358 g/mol. The van der Waals surface area contributed by atoms with E-state index in [0.29, 0.717) is 17.0 Å². The largest absolute Gasteiger partial charge is 0.457 e. The van der Waals surface area contributed by atoms with Crippen molar-refractivity contribution >= 4 is 17.3 Å². The van der Waals surface area contributed by atoms with E-state index < -0.39 is 0 Å². The van der Waals surface area contributed by atoms with Crippen LogP contribution in [0.3, 0.4) is 0 Å². The zero-order chi connectivity index (χ0) is 18.2. The Bertz CT molecular complexity index is 801. The molecule has 1 N–H and O–H groups in total. The molecule has 0 spiro atoms. The quantitative estimate of drug-likeness (QED) is 0.648. The van der Waals surface area contributed by atoms with Crippen LogP contribution in [0.2, 0.25) is 5.02 Å². The Morgan fingerprint density at radius 2 is 1.70 bits per heavy atom. The van der Waals surface area contributed by atoms with E-state index in [9.17, 15) is 0 Å². The molecule has 5 rings (SSSR count). The number of benzene rings is 2. The molecule has 3 nitrogen and oxygen atoms in total. The van der Waals surface area contributed by atoms with Gasteiger partial charge in [-0.05, 0) is 67.6 Å². The first-order chi connectivity index (χ1) is 13.3. The molecule has 3 aliphatic rings. The third kappa shape index (κ3) is 3.43. The van der Waals surface area contributed by atoms with Crippen molar-refractivity contribution < 1.29 is 9.47 Å². The van der Waals surface area contributed by atoms with Gasteiger partial charge in [0.15, 0.2) is 0 Å². The SMILES string of the molecule is Clc1ccc(Oc2ccc3c(c2)[C@H]2OCC[C@H]2[C@H](C2CCCCC2)N3)cc1. The lowest BCUT2D eigenvalue weighted by atomic mass is 9.73. The molecule has 3 atom stereocenters. The van der Waals surface area contributed by atoms with Gasteiger partial charge in [-0.25, -0.2) is 0 Å². The average molecular weight is 384 g/mol. The van der Waals surface area contributed by atoms with E-state index in [1.165, 1.54) is 43.4 Å². The molecule has 0 unspecified atom stereocenters.